The highest BCUT2D eigenvalue weighted by atomic mass is 79.9. The fraction of sp³-hybridized carbons (Fsp3) is 0.500. The van der Waals surface area contributed by atoms with E-state index in [1.54, 1.807) is 0 Å². The summed E-state index contributed by atoms with van der Waals surface area (Å²) in [7, 11) is 0. The summed E-state index contributed by atoms with van der Waals surface area (Å²) in [5, 5.41) is 0. The van der Waals surface area contributed by atoms with Crippen LogP contribution in [-0.2, 0) is 0 Å². The van der Waals surface area contributed by atoms with Crippen molar-refractivity contribution in [3.8, 4) is 0 Å². The number of hydrogen-bond acceptors (Lipinski definition) is 2. The van der Waals surface area contributed by atoms with Gasteiger partial charge in [0, 0.05) is 29.0 Å². The van der Waals surface area contributed by atoms with E-state index in [-0.39, 0.29) is 5.78 Å². The number of carbonyl (C=O) groups excluding carboxylic acids is 1. The van der Waals surface area contributed by atoms with Gasteiger partial charge in [-0.3, -0.25) is 4.79 Å². The average molecular weight is 296 g/mol. The Morgan fingerprint density at radius 3 is 2.88 bits per heavy atom. The largest absolute Gasteiger partial charge is 0.300 e. The molecular formula is C14H18BrNO. The fourth-order valence-corrected chi connectivity index (χ4v) is 2.90. The zero-order valence-electron chi connectivity index (χ0n) is 10.2. The van der Waals surface area contributed by atoms with Gasteiger partial charge in [-0.05, 0) is 32.4 Å². The topological polar surface area (TPSA) is 20.3 Å². The lowest BCUT2D eigenvalue weighted by atomic mass is 10.1. The quantitative estimate of drug-likeness (QED) is 0.793. The monoisotopic (exact) mass is 295 g/mol. The second-order valence-electron chi connectivity index (χ2n) is 4.68. The second-order valence-corrected chi connectivity index (χ2v) is 5.53. The van der Waals surface area contributed by atoms with Gasteiger partial charge in [0.25, 0.3) is 0 Å². The van der Waals surface area contributed by atoms with E-state index in [2.05, 4.69) is 27.8 Å². The van der Waals surface area contributed by atoms with Crippen molar-refractivity contribution in [3.05, 3.63) is 34.3 Å². The zero-order valence-corrected chi connectivity index (χ0v) is 11.7. The molecule has 1 aromatic carbocycles. The van der Waals surface area contributed by atoms with Gasteiger partial charge in [-0.15, -0.1) is 0 Å². The molecule has 92 valence electrons. The van der Waals surface area contributed by atoms with Crippen LogP contribution in [0.2, 0.25) is 0 Å². The summed E-state index contributed by atoms with van der Waals surface area (Å²) in [5.41, 5.74) is 0.805. The van der Waals surface area contributed by atoms with Crippen molar-refractivity contribution in [2.75, 3.05) is 13.1 Å². The fourth-order valence-electron chi connectivity index (χ4n) is 2.39. The summed E-state index contributed by atoms with van der Waals surface area (Å²) in [6, 6.07) is 8.30. The standard InChI is InChI=1S/C14H18BrNO/c1-11-5-4-9-16(11)10-8-14(17)12-6-2-3-7-13(12)15/h2-3,6-7,11H,4-5,8-10H2,1H3. The molecule has 0 N–H and O–H groups in total. The third-order valence-corrected chi connectivity index (χ3v) is 4.18. The van der Waals surface area contributed by atoms with Crippen molar-refractivity contribution >= 4 is 21.7 Å². The molecule has 0 amide bonds. The molecule has 1 unspecified atom stereocenters. The van der Waals surface area contributed by atoms with Crippen LogP contribution in [0.5, 0.6) is 0 Å². The third kappa shape index (κ3) is 3.17. The molecule has 2 nitrogen and oxygen atoms in total. The Labute approximate surface area is 111 Å². The van der Waals surface area contributed by atoms with Crippen LogP contribution in [0.1, 0.15) is 36.5 Å². The highest BCUT2D eigenvalue weighted by Crippen LogP contribution is 2.20. The van der Waals surface area contributed by atoms with Gasteiger partial charge in [-0.1, -0.05) is 34.1 Å². The van der Waals surface area contributed by atoms with E-state index in [1.165, 1.54) is 12.8 Å². The highest BCUT2D eigenvalue weighted by Gasteiger charge is 2.20. The summed E-state index contributed by atoms with van der Waals surface area (Å²) in [4.78, 5) is 14.5. The molecule has 0 bridgehead atoms. The lowest BCUT2D eigenvalue weighted by molar-refractivity contribution is 0.0962. The summed E-state index contributed by atoms with van der Waals surface area (Å²) in [6.07, 6.45) is 3.15. The molecule has 1 aliphatic heterocycles. The Morgan fingerprint density at radius 1 is 1.47 bits per heavy atom. The summed E-state index contributed by atoms with van der Waals surface area (Å²) in [6.45, 7) is 4.28. The minimum Gasteiger partial charge on any atom is -0.300 e. The number of nitrogens with zero attached hydrogens (tertiary/aromatic N) is 1. The van der Waals surface area contributed by atoms with Gasteiger partial charge >= 0.3 is 0 Å². The SMILES string of the molecule is CC1CCCN1CCC(=O)c1ccccc1Br. The van der Waals surface area contributed by atoms with Crippen LogP contribution in [0.3, 0.4) is 0 Å². The van der Waals surface area contributed by atoms with E-state index in [0.717, 1.165) is 23.1 Å². The van der Waals surface area contributed by atoms with Gasteiger partial charge in [0.15, 0.2) is 5.78 Å². The van der Waals surface area contributed by atoms with Gasteiger partial charge in [-0.2, -0.15) is 0 Å². The van der Waals surface area contributed by atoms with Gasteiger partial charge in [0.1, 0.15) is 0 Å². The zero-order chi connectivity index (χ0) is 12.3. The Morgan fingerprint density at radius 2 is 2.24 bits per heavy atom. The molecule has 1 atom stereocenters. The Bertz CT molecular complexity index is 405. The molecule has 1 fully saturated rings. The molecule has 1 heterocycles. The van der Waals surface area contributed by atoms with Crippen LogP contribution in [-0.4, -0.2) is 29.8 Å². The van der Waals surface area contributed by atoms with Gasteiger partial charge in [0.05, 0.1) is 0 Å². The first-order chi connectivity index (χ1) is 8.18. The number of carbonyl (C=O) groups is 1. The van der Waals surface area contributed by atoms with E-state index < -0.39 is 0 Å². The maximum absolute atomic E-state index is 12.1. The normalized spacial score (nSPS) is 20.7. The molecule has 1 aromatic rings. The molecule has 1 aliphatic rings. The van der Waals surface area contributed by atoms with Crippen LogP contribution in [0.4, 0.5) is 0 Å². The van der Waals surface area contributed by atoms with Crippen LogP contribution in [0, 0.1) is 0 Å². The van der Waals surface area contributed by atoms with Crippen LogP contribution in [0.15, 0.2) is 28.7 Å². The number of benzene rings is 1. The molecular weight excluding hydrogens is 278 g/mol. The molecule has 0 spiro atoms. The number of Topliss-reactive ketones (excluding diaryl/α,β-unsaturated/α-hetero) is 1. The van der Waals surface area contributed by atoms with Crippen LogP contribution >= 0.6 is 15.9 Å². The van der Waals surface area contributed by atoms with Gasteiger partial charge in [-0.25, -0.2) is 0 Å². The smallest absolute Gasteiger partial charge is 0.165 e. The predicted molar refractivity (Wildman–Crippen MR) is 73.4 cm³/mol. The molecule has 0 aromatic heterocycles. The Hall–Kier alpha value is -0.670. The Balaban J connectivity index is 1.91. The first-order valence-electron chi connectivity index (χ1n) is 6.20. The van der Waals surface area contributed by atoms with Crippen molar-refractivity contribution in [1.82, 2.24) is 4.90 Å². The van der Waals surface area contributed by atoms with Crippen molar-refractivity contribution in [1.29, 1.82) is 0 Å². The maximum atomic E-state index is 12.1. The molecule has 0 radical (unpaired) electrons. The summed E-state index contributed by atoms with van der Waals surface area (Å²) >= 11 is 3.43. The molecule has 2 rings (SSSR count). The van der Waals surface area contributed by atoms with Gasteiger partial charge < -0.3 is 4.90 Å². The number of rotatable bonds is 4. The van der Waals surface area contributed by atoms with Crippen LogP contribution in [0.25, 0.3) is 0 Å². The average Bonchev–Trinajstić information content (AvgIpc) is 2.72. The van der Waals surface area contributed by atoms with E-state index in [9.17, 15) is 4.79 Å². The molecule has 1 saturated heterocycles. The lowest BCUT2D eigenvalue weighted by Gasteiger charge is -2.20. The van der Waals surface area contributed by atoms with Crippen molar-refractivity contribution < 1.29 is 4.79 Å². The number of likely N-dealkylation sites (tertiary alicyclic amines) is 1. The minimum atomic E-state index is 0.233. The number of ketones is 1. The van der Waals surface area contributed by atoms with E-state index >= 15 is 0 Å². The minimum absolute atomic E-state index is 0.233. The number of halogens is 1. The third-order valence-electron chi connectivity index (χ3n) is 3.49. The summed E-state index contributed by atoms with van der Waals surface area (Å²) in [5.74, 6) is 0.233. The van der Waals surface area contributed by atoms with Crippen LogP contribution < -0.4 is 0 Å². The molecule has 0 saturated carbocycles. The van der Waals surface area contributed by atoms with E-state index in [1.807, 2.05) is 24.3 Å². The van der Waals surface area contributed by atoms with Crippen molar-refractivity contribution in [2.24, 2.45) is 0 Å². The Kier molecular flexibility index (Phi) is 4.35. The van der Waals surface area contributed by atoms with E-state index in [0.29, 0.717) is 12.5 Å². The highest BCUT2D eigenvalue weighted by molar-refractivity contribution is 9.10. The first-order valence-corrected chi connectivity index (χ1v) is 6.99. The second kappa shape index (κ2) is 5.78. The van der Waals surface area contributed by atoms with Crippen molar-refractivity contribution in [2.45, 2.75) is 32.2 Å². The maximum Gasteiger partial charge on any atom is 0.165 e. The summed E-state index contributed by atoms with van der Waals surface area (Å²) < 4.78 is 0.902. The predicted octanol–water partition coefficient (Wildman–Crippen LogP) is 3.51. The van der Waals surface area contributed by atoms with Crippen molar-refractivity contribution in [3.63, 3.8) is 0 Å². The first kappa shape index (κ1) is 12.8. The number of hydrogen-bond donors (Lipinski definition) is 0. The lowest BCUT2D eigenvalue weighted by Crippen LogP contribution is -2.29. The van der Waals surface area contributed by atoms with Gasteiger partial charge in [0.2, 0.25) is 0 Å². The molecule has 17 heavy (non-hydrogen) atoms. The molecule has 0 aliphatic carbocycles. The molecule has 3 heteroatoms. The van der Waals surface area contributed by atoms with E-state index in [4.69, 9.17) is 0 Å².